The molecule has 0 aliphatic heterocycles. The van der Waals surface area contributed by atoms with Crippen LogP contribution in [0.1, 0.15) is 112 Å². The number of hydrogen-bond donors (Lipinski definition) is 0. The number of benzene rings is 4. The Balaban J connectivity index is 0.00000200. The van der Waals surface area contributed by atoms with Gasteiger partial charge in [-0.15, -0.1) is 80.2 Å². The molecule has 0 N–H and O–H groups in total. The van der Waals surface area contributed by atoms with E-state index >= 15 is 0 Å². The van der Waals surface area contributed by atoms with Gasteiger partial charge in [0.25, 0.3) is 0 Å². The van der Waals surface area contributed by atoms with Gasteiger partial charge in [-0.25, -0.2) is 0 Å². The average Bonchev–Trinajstić information content (AvgIpc) is 3.59. The summed E-state index contributed by atoms with van der Waals surface area (Å²) in [6, 6.07) is 37.2. The Morgan fingerprint density at radius 2 is 0.787 bits per heavy atom. The summed E-state index contributed by atoms with van der Waals surface area (Å²) in [7, 11) is 0. The van der Waals surface area contributed by atoms with E-state index in [1.165, 1.54) is 77.2 Å². The zero-order chi connectivity index (χ0) is 31.1. The van der Waals surface area contributed by atoms with Crippen LogP contribution in [0.15, 0.2) is 97.1 Å². The summed E-state index contributed by atoms with van der Waals surface area (Å²) in [5.41, 5.74) is 14.2. The molecule has 0 radical (unpaired) electrons. The Bertz CT molecular complexity index is 1760. The fourth-order valence-corrected chi connectivity index (χ4v) is 7.25. The minimum absolute atomic E-state index is 0. The van der Waals surface area contributed by atoms with Crippen LogP contribution < -0.4 is 24.8 Å². The SMILES string of the molecule is CC(C)c1ccc(-c2cccc3[cH-]c(C(C)C)c(CCc4c(C(C)C)[cH-]c5cccc(-c6ccc(C(C)C)cc6)c45)c23)cc1.[Cl-].[Cl-].[Zr+4]. The van der Waals surface area contributed by atoms with Crippen molar-refractivity contribution in [3.63, 3.8) is 0 Å². The summed E-state index contributed by atoms with van der Waals surface area (Å²) in [5, 5.41) is 5.63. The smallest absolute Gasteiger partial charge is 1.00 e. The molecule has 0 aliphatic rings. The van der Waals surface area contributed by atoms with Gasteiger partial charge in [-0.05, 0) is 45.9 Å². The standard InChI is InChI=1S/C44H48.2ClH.Zr/c1-27(2)31-15-19-33(20-16-31)37-13-9-11-35-25-41(29(5)6)39(43(35)37)23-24-40-42(30(7)8)26-36-12-10-14-38(44(36)40)34-21-17-32(18-22-34)28(3)4;;;/h9-22,25-30H,23-24H2,1-8H3;2*1H;/q-2;;;+4/p-2. The second-order valence-electron chi connectivity index (χ2n) is 14.1. The summed E-state index contributed by atoms with van der Waals surface area (Å²) < 4.78 is 0. The van der Waals surface area contributed by atoms with Gasteiger partial charge in [0, 0.05) is 0 Å². The van der Waals surface area contributed by atoms with Gasteiger partial charge in [0.05, 0.1) is 0 Å². The molecular formula is C44H48Cl2Zr. The number of hydrogen-bond acceptors (Lipinski definition) is 0. The van der Waals surface area contributed by atoms with E-state index in [4.69, 9.17) is 0 Å². The van der Waals surface area contributed by atoms with E-state index in [0.717, 1.165) is 12.8 Å². The molecule has 6 rings (SSSR count). The van der Waals surface area contributed by atoms with Crippen LogP contribution in [-0.4, -0.2) is 0 Å². The van der Waals surface area contributed by atoms with Crippen molar-refractivity contribution in [1.29, 1.82) is 0 Å². The maximum atomic E-state index is 2.47. The topological polar surface area (TPSA) is 0 Å². The summed E-state index contributed by atoms with van der Waals surface area (Å²) >= 11 is 0. The van der Waals surface area contributed by atoms with Gasteiger partial charge in [0.2, 0.25) is 0 Å². The van der Waals surface area contributed by atoms with Gasteiger partial charge < -0.3 is 24.8 Å². The first-order valence-corrected chi connectivity index (χ1v) is 16.8. The van der Waals surface area contributed by atoms with Crippen molar-refractivity contribution in [2.45, 2.75) is 91.9 Å². The second kappa shape index (κ2) is 16.3. The Labute approximate surface area is 315 Å². The third kappa shape index (κ3) is 7.75. The van der Waals surface area contributed by atoms with Crippen molar-refractivity contribution in [3.05, 3.63) is 130 Å². The van der Waals surface area contributed by atoms with Crippen molar-refractivity contribution in [3.8, 4) is 22.3 Å². The van der Waals surface area contributed by atoms with E-state index in [9.17, 15) is 0 Å². The summed E-state index contributed by atoms with van der Waals surface area (Å²) in [6.45, 7) is 18.5. The summed E-state index contributed by atoms with van der Waals surface area (Å²) in [4.78, 5) is 0. The van der Waals surface area contributed by atoms with E-state index in [0.29, 0.717) is 23.7 Å². The molecule has 0 heterocycles. The first-order chi connectivity index (χ1) is 21.1. The van der Waals surface area contributed by atoms with E-state index in [1.807, 2.05) is 0 Å². The average molecular weight is 739 g/mol. The molecule has 0 unspecified atom stereocenters. The molecule has 0 bridgehead atoms. The Morgan fingerprint density at radius 1 is 0.447 bits per heavy atom. The Hall–Kier alpha value is -2.44. The van der Waals surface area contributed by atoms with Crippen LogP contribution >= 0.6 is 0 Å². The van der Waals surface area contributed by atoms with Gasteiger partial charge >= 0.3 is 26.2 Å². The van der Waals surface area contributed by atoms with Crippen LogP contribution in [0.2, 0.25) is 0 Å². The first-order valence-electron chi connectivity index (χ1n) is 16.8. The molecule has 0 saturated heterocycles. The molecule has 3 heteroatoms. The van der Waals surface area contributed by atoms with Gasteiger partial charge in [-0.1, -0.05) is 140 Å². The Morgan fingerprint density at radius 3 is 1.09 bits per heavy atom. The predicted molar refractivity (Wildman–Crippen MR) is 194 cm³/mol. The van der Waals surface area contributed by atoms with Crippen molar-refractivity contribution >= 4 is 21.5 Å². The third-order valence-corrected chi connectivity index (χ3v) is 9.76. The van der Waals surface area contributed by atoms with Crippen LogP contribution in [0.25, 0.3) is 43.8 Å². The molecule has 242 valence electrons. The maximum absolute atomic E-state index is 2.47. The molecule has 47 heavy (non-hydrogen) atoms. The molecule has 0 aliphatic carbocycles. The second-order valence-corrected chi connectivity index (χ2v) is 14.1. The predicted octanol–water partition coefficient (Wildman–Crippen LogP) is 7.05. The fourth-order valence-electron chi connectivity index (χ4n) is 7.25. The minimum atomic E-state index is 0. The van der Waals surface area contributed by atoms with E-state index < -0.39 is 0 Å². The van der Waals surface area contributed by atoms with Gasteiger partial charge in [0.1, 0.15) is 0 Å². The summed E-state index contributed by atoms with van der Waals surface area (Å²) in [6.07, 6.45) is 2.08. The monoisotopic (exact) mass is 736 g/mol. The van der Waals surface area contributed by atoms with Crippen LogP contribution in [0.4, 0.5) is 0 Å². The molecule has 6 aromatic carbocycles. The van der Waals surface area contributed by atoms with Gasteiger partial charge in [-0.3, -0.25) is 0 Å². The van der Waals surface area contributed by atoms with Crippen LogP contribution in [0.5, 0.6) is 0 Å². The van der Waals surface area contributed by atoms with Crippen molar-refractivity contribution in [2.75, 3.05) is 0 Å². The van der Waals surface area contributed by atoms with Crippen molar-refractivity contribution in [2.24, 2.45) is 0 Å². The molecule has 0 saturated carbocycles. The number of halogens is 2. The zero-order valence-electron chi connectivity index (χ0n) is 29.2. The van der Waals surface area contributed by atoms with E-state index in [-0.39, 0.29) is 51.0 Å². The third-order valence-electron chi connectivity index (χ3n) is 9.76. The first kappa shape index (κ1) is 39.0. The molecule has 0 spiro atoms. The molecule has 6 aromatic rings. The molecular weight excluding hydrogens is 691 g/mol. The van der Waals surface area contributed by atoms with E-state index in [1.54, 1.807) is 0 Å². The number of fused-ring (bicyclic) bond motifs is 2. The minimum Gasteiger partial charge on any atom is -1.00 e. The largest absolute Gasteiger partial charge is 4.00 e. The molecule has 0 amide bonds. The number of aryl methyl sites for hydroxylation is 2. The Kier molecular flexibility index (Phi) is 13.5. The molecule has 0 fully saturated rings. The summed E-state index contributed by atoms with van der Waals surface area (Å²) in [5.74, 6) is 2.03. The maximum Gasteiger partial charge on any atom is 4.00 e. The zero-order valence-corrected chi connectivity index (χ0v) is 33.2. The van der Waals surface area contributed by atoms with Gasteiger partial charge in [0.15, 0.2) is 0 Å². The van der Waals surface area contributed by atoms with Crippen molar-refractivity contribution in [1.82, 2.24) is 0 Å². The molecule has 0 atom stereocenters. The fraction of sp³-hybridized carbons (Fsp3) is 0.318. The van der Waals surface area contributed by atoms with Crippen molar-refractivity contribution < 1.29 is 51.0 Å². The number of rotatable bonds is 9. The molecule has 0 aromatic heterocycles. The molecule has 0 nitrogen and oxygen atoms in total. The van der Waals surface area contributed by atoms with Crippen LogP contribution in [-0.2, 0) is 39.0 Å². The van der Waals surface area contributed by atoms with Gasteiger partial charge in [-0.2, -0.15) is 0 Å². The normalized spacial score (nSPS) is 11.4. The quantitative estimate of drug-likeness (QED) is 0.140. The van der Waals surface area contributed by atoms with E-state index in [2.05, 4.69) is 152 Å². The van der Waals surface area contributed by atoms with Crippen LogP contribution in [0.3, 0.4) is 0 Å². The van der Waals surface area contributed by atoms with Crippen LogP contribution in [0, 0.1) is 0 Å².